The first-order chi connectivity index (χ1) is 19.5. The molecule has 1 aromatic carbocycles. The summed E-state index contributed by atoms with van der Waals surface area (Å²) in [5.41, 5.74) is 4.92. The van der Waals surface area contributed by atoms with E-state index in [0.717, 1.165) is 5.41 Å². The summed E-state index contributed by atoms with van der Waals surface area (Å²) in [5.74, 6) is -0.628. The van der Waals surface area contributed by atoms with Crippen LogP contribution in [0.25, 0.3) is 0 Å². The summed E-state index contributed by atoms with van der Waals surface area (Å²) in [7, 11) is -7.96. The Morgan fingerprint density at radius 2 is 1.60 bits per heavy atom. The van der Waals surface area contributed by atoms with Crippen molar-refractivity contribution < 1.29 is 40.5 Å². The van der Waals surface area contributed by atoms with E-state index in [1.807, 2.05) is 33.9 Å². The Labute approximate surface area is 257 Å². The van der Waals surface area contributed by atoms with Crippen LogP contribution in [0, 0.1) is 0 Å². The number of benzene rings is 1. The topological polar surface area (TPSA) is 165 Å². The van der Waals surface area contributed by atoms with Crippen molar-refractivity contribution in [2.45, 2.75) is 102 Å². The lowest BCUT2D eigenvalue weighted by atomic mass is 9.89. The van der Waals surface area contributed by atoms with E-state index in [-0.39, 0.29) is 33.6 Å². The molecule has 2 amide bonds. The van der Waals surface area contributed by atoms with E-state index in [4.69, 9.17) is 28.2 Å². The lowest BCUT2D eigenvalue weighted by Crippen LogP contribution is -2.61. The maximum absolute atomic E-state index is 13.4. The Bertz CT molecular complexity index is 1370. The van der Waals surface area contributed by atoms with Gasteiger partial charge in [0.15, 0.2) is 28.5 Å². The van der Waals surface area contributed by atoms with Gasteiger partial charge in [0.25, 0.3) is 10.1 Å². The number of esters is 1. The Hall–Kier alpha value is -2.28. The van der Waals surface area contributed by atoms with Crippen molar-refractivity contribution >= 4 is 44.4 Å². The summed E-state index contributed by atoms with van der Waals surface area (Å²) >= 11 is 0. The van der Waals surface area contributed by atoms with Gasteiger partial charge in [0.1, 0.15) is 12.2 Å². The highest BCUT2D eigenvalue weighted by Crippen LogP contribution is 2.49. The number of nitrogens with two attached hydrogens (primary N) is 1. The number of anilines is 1. The van der Waals surface area contributed by atoms with Gasteiger partial charge in [-0.3, -0.25) is 0 Å². The van der Waals surface area contributed by atoms with E-state index in [1.54, 1.807) is 18.2 Å². The zero-order valence-electron chi connectivity index (χ0n) is 27.0. The average Bonchev–Trinajstić information content (AvgIpc) is 3.27. The lowest BCUT2D eigenvalue weighted by molar-refractivity contribution is -0.0419. The molecule has 4 atom stereocenters. The third-order valence-electron chi connectivity index (χ3n) is 8.95. The fourth-order valence-corrected chi connectivity index (χ4v) is 7.82. The average molecular weight is 658 g/mol. The SMILES string of the molecule is COC(=O)c1ccccc1NC(=O)N[C@@H]1O[C@H](CO[Si](C)(C)C(C)(C)C)[C@@]2(OS(=O)(=O)C=C2N)[C@H]1O[Si](C)(C)C(C)(C)C. The van der Waals surface area contributed by atoms with Gasteiger partial charge < -0.3 is 34.7 Å². The van der Waals surface area contributed by atoms with Gasteiger partial charge in [0.2, 0.25) is 0 Å². The van der Waals surface area contributed by atoms with Gasteiger partial charge >= 0.3 is 12.0 Å². The van der Waals surface area contributed by atoms with Crippen molar-refractivity contribution in [1.82, 2.24) is 5.32 Å². The van der Waals surface area contributed by atoms with Gasteiger partial charge in [0.05, 0.1) is 36.1 Å². The first-order valence-corrected chi connectivity index (χ1v) is 21.4. The van der Waals surface area contributed by atoms with Gasteiger partial charge in [-0.1, -0.05) is 53.7 Å². The van der Waals surface area contributed by atoms with Crippen molar-refractivity contribution in [3.8, 4) is 0 Å². The quantitative estimate of drug-likeness (QED) is 0.204. The standard InChI is InChI=1S/C28H47N3O9SSi2/c1-26(2,3)42(8,9)37-16-21-28(20(29)17-41(34,35)40-28)22(39-43(10,11)27(4,5)6)23(38-21)31-25(33)30-19-15-13-12-14-18(19)24(32)36-7/h12-15,17,21-23H,16,29H2,1-11H3,(H2,30,31,33)/t21-,22+,23-,28-/m1/s1. The van der Waals surface area contributed by atoms with Gasteiger partial charge in [0, 0.05) is 0 Å². The van der Waals surface area contributed by atoms with Crippen LogP contribution >= 0.6 is 0 Å². The molecule has 0 bridgehead atoms. The molecule has 0 unspecified atom stereocenters. The van der Waals surface area contributed by atoms with Crippen molar-refractivity contribution in [2.24, 2.45) is 5.73 Å². The summed E-state index contributed by atoms with van der Waals surface area (Å²) in [4.78, 5) is 25.6. The fraction of sp³-hybridized carbons (Fsp3) is 0.643. The predicted octanol–water partition coefficient (Wildman–Crippen LogP) is 4.63. The molecule has 1 saturated heterocycles. The highest BCUT2D eigenvalue weighted by atomic mass is 32.2. The van der Waals surface area contributed by atoms with E-state index in [2.05, 4.69) is 44.5 Å². The van der Waals surface area contributed by atoms with Crippen LogP contribution in [0.2, 0.25) is 36.3 Å². The number of hydrogen-bond donors (Lipinski definition) is 3. The second-order valence-corrected chi connectivity index (χ2v) is 24.9. The number of ether oxygens (including phenoxy) is 2. The number of amides is 2. The van der Waals surface area contributed by atoms with Gasteiger partial charge in [-0.2, -0.15) is 8.42 Å². The molecule has 3 rings (SSSR count). The Morgan fingerprint density at radius 3 is 2.12 bits per heavy atom. The molecule has 0 radical (unpaired) electrons. The number of carbonyl (C=O) groups excluding carboxylic acids is 2. The normalized spacial score (nSPS) is 25.8. The summed E-state index contributed by atoms with van der Waals surface area (Å²) in [6, 6.07) is 5.64. The predicted molar refractivity (Wildman–Crippen MR) is 169 cm³/mol. The van der Waals surface area contributed by atoms with Crippen molar-refractivity contribution in [3.63, 3.8) is 0 Å². The maximum atomic E-state index is 13.4. The second-order valence-electron chi connectivity index (χ2n) is 14.0. The van der Waals surface area contributed by atoms with Crippen molar-refractivity contribution in [1.29, 1.82) is 0 Å². The van der Waals surface area contributed by atoms with Crippen LogP contribution in [0.15, 0.2) is 35.4 Å². The molecule has 43 heavy (non-hydrogen) atoms. The molecule has 2 aliphatic heterocycles. The Balaban J connectivity index is 2.05. The molecular weight excluding hydrogens is 611 g/mol. The molecule has 0 aliphatic carbocycles. The molecule has 12 nitrogen and oxygen atoms in total. The van der Waals surface area contributed by atoms with Crippen LogP contribution in [0.1, 0.15) is 51.9 Å². The Kier molecular flexibility index (Phi) is 9.75. The molecule has 1 fully saturated rings. The zero-order chi connectivity index (χ0) is 32.8. The number of para-hydroxylation sites is 1. The zero-order valence-corrected chi connectivity index (χ0v) is 29.8. The first kappa shape index (κ1) is 35.2. The van der Waals surface area contributed by atoms with Crippen LogP contribution in [0.5, 0.6) is 0 Å². The lowest BCUT2D eigenvalue weighted by Gasteiger charge is -2.43. The molecular formula is C28H47N3O9SSi2. The molecule has 0 aromatic heterocycles. The number of nitrogens with one attached hydrogen (secondary N) is 2. The molecule has 2 heterocycles. The van der Waals surface area contributed by atoms with Crippen LogP contribution in [0.3, 0.4) is 0 Å². The van der Waals surface area contributed by atoms with E-state index in [1.165, 1.54) is 13.2 Å². The van der Waals surface area contributed by atoms with Crippen LogP contribution < -0.4 is 16.4 Å². The number of hydrogen-bond acceptors (Lipinski definition) is 10. The monoisotopic (exact) mass is 657 g/mol. The number of methoxy groups -OCH3 is 1. The fourth-order valence-electron chi connectivity index (χ4n) is 4.31. The van der Waals surface area contributed by atoms with Crippen molar-refractivity contribution in [2.75, 3.05) is 19.0 Å². The molecule has 4 N–H and O–H groups in total. The minimum absolute atomic E-state index is 0.0527. The first-order valence-electron chi connectivity index (χ1n) is 14.1. The van der Waals surface area contributed by atoms with Gasteiger partial charge in [-0.25, -0.2) is 13.8 Å². The largest absolute Gasteiger partial charge is 0.465 e. The summed E-state index contributed by atoms with van der Waals surface area (Å²) < 4.78 is 55.9. The van der Waals surface area contributed by atoms with Crippen LogP contribution in [-0.4, -0.2) is 74.8 Å². The van der Waals surface area contributed by atoms with Gasteiger partial charge in [-0.15, -0.1) is 0 Å². The number of carbonyl (C=O) groups is 2. The molecule has 15 heteroatoms. The minimum atomic E-state index is -4.20. The van der Waals surface area contributed by atoms with Crippen LogP contribution in [-0.2, 0) is 32.6 Å². The maximum Gasteiger partial charge on any atom is 0.339 e. The second kappa shape index (κ2) is 11.9. The smallest absolute Gasteiger partial charge is 0.339 e. The third-order valence-corrected chi connectivity index (χ3v) is 19.0. The van der Waals surface area contributed by atoms with Gasteiger partial charge in [-0.05, 0) is 48.4 Å². The van der Waals surface area contributed by atoms with Crippen LogP contribution in [0.4, 0.5) is 10.5 Å². The molecule has 242 valence electrons. The third kappa shape index (κ3) is 7.18. The van der Waals surface area contributed by atoms with E-state index in [9.17, 15) is 18.0 Å². The minimum Gasteiger partial charge on any atom is -0.465 e. The number of rotatable bonds is 8. The molecule has 1 spiro atoms. The molecule has 2 aliphatic rings. The van der Waals surface area contributed by atoms with E-state index in [0.29, 0.717) is 0 Å². The molecule has 0 saturated carbocycles. The van der Waals surface area contributed by atoms with E-state index >= 15 is 0 Å². The van der Waals surface area contributed by atoms with Crippen molar-refractivity contribution in [3.05, 3.63) is 40.9 Å². The Morgan fingerprint density at radius 1 is 1.02 bits per heavy atom. The summed E-state index contributed by atoms with van der Waals surface area (Å²) in [5, 5.41) is 5.84. The summed E-state index contributed by atoms with van der Waals surface area (Å²) in [6.07, 6.45) is -3.40. The highest BCUT2D eigenvalue weighted by molar-refractivity contribution is 7.90. The summed E-state index contributed by atoms with van der Waals surface area (Å²) in [6.45, 7) is 20.4. The number of urea groups is 1. The molecule has 1 aromatic rings. The highest BCUT2D eigenvalue weighted by Gasteiger charge is 2.67. The van der Waals surface area contributed by atoms with E-state index < -0.39 is 62.8 Å².